The number of hydrogen-bond acceptors (Lipinski definition) is 0. The first-order chi connectivity index (χ1) is 9.19. The highest BCUT2D eigenvalue weighted by atomic mass is 79.9. The molecule has 0 aromatic heterocycles. The second kappa shape index (κ2) is 9.83. The highest BCUT2D eigenvalue weighted by Gasteiger charge is 2.15. The standard InChI is InChI=1S/C17H26BrCl/c1-3-5-7-14(4-2)10-16(13-18)11-15-8-6-9-17(19)12-15/h6,8-9,12,14,16H,3-5,7,10-11,13H2,1-2H3. The molecule has 0 N–H and O–H groups in total. The van der Waals surface area contributed by atoms with Crippen molar-refractivity contribution >= 4 is 27.5 Å². The van der Waals surface area contributed by atoms with Crippen molar-refractivity contribution in [2.24, 2.45) is 11.8 Å². The van der Waals surface area contributed by atoms with Crippen LogP contribution in [0.2, 0.25) is 5.02 Å². The van der Waals surface area contributed by atoms with E-state index in [-0.39, 0.29) is 0 Å². The van der Waals surface area contributed by atoms with Crippen molar-refractivity contribution in [3.8, 4) is 0 Å². The highest BCUT2D eigenvalue weighted by molar-refractivity contribution is 9.09. The van der Waals surface area contributed by atoms with Gasteiger partial charge in [0.05, 0.1) is 0 Å². The normalized spacial score (nSPS) is 14.3. The van der Waals surface area contributed by atoms with Crippen LogP contribution in [0.15, 0.2) is 24.3 Å². The summed E-state index contributed by atoms with van der Waals surface area (Å²) in [4.78, 5) is 0. The molecule has 0 saturated heterocycles. The maximum atomic E-state index is 6.06. The van der Waals surface area contributed by atoms with Crippen LogP contribution < -0.4 is 0 Å². The van der Waals surface area contributed by atoms with Crippen LogP contribution in [-0.4, -0.2) is 5.33 Å². The molecule has 1 aromatic rings. The molecule has 108 valence electrons. The Morgan fingerprint density at radius 1 is 1.21 bits per heavy atom. The lowest BCUT2D eigenvalue weighted by Crippen LogP contribution is -2.12. The van der Waals surface area contributed by atoms with E-state index in [2.05, 4.69) is 48.0 Å². The van der Waals surface area contributed by atoms with Crippen molar-refractivity contribution in [2.75, 3.05) is 5.33 Å². The fourth-order valence-corrected chi connectivity index (χ4v) is 3.36. The zero-order valence-corrected chi connectivity index (χ0v) is 14.5. The Hall–Kier alpha value is -0.0100. The SMILES string of the molecule is CCCCC(CC)CC(CBr)Cc1cccc(Cl)c1. The van der Waals surface area contributed by atoms with Gasteiger partial charge < -0.3 is 0 Å². The molecule has 0 amide bonds. The summed E-state index contributed by atoms with van der Waals surface area (Å²) in [7, 11) is 0. The molecular formula is C17H26BrCl. The third-order valence-corrected chi connectivity index (χ3v) is 4.99. The van der Waals surface area contributed by atoms with Crippen molar-refractivity contribution in [3.63, 3.8) is 0 Å². The van der Waals surface area contributed by atoms with Gasteiger partial charge in [-0.3, -0.25) is 0 Å². The maximum Gasteiger partial charge on any atom is 0.0408 e. The minimum absolute atomic E-state index is 0.722. The molecule has 0 bridgehead atoms. The van der Waals surface area contributed by atoms with Crippen molar-refractivity contribution in [2.45, 2.75) is 52.4 Å². The summed E-state index contributed by atoms with van der Waals surface area (Å²) in [6, 6.07) is 8.29. The molecule has 0 fully saturated rings. The second-order valence-corrected chi connectivity index (χ2v) is 6.59. The average Bonchev–Trinajstić information content (AvgIpc) is 2.42. The van der Waals surface area contributed by atoms with Crippen molar-refractivity contribution in [1.82, 2.24) is 0 Å². The zero-order chi connectivity index (χ0) is 14.1. The third kappa shape index (κ3) is 6.81. The van der Waals surface area contributed by atoms with E-state index in [1.807, 2.05) is 6.07 Å². The van der Waals surface area contributed by atoms with Crippen LogP contribution in [0.25, 0.3) is 0 Å². The molecular weight excluding hydrogens is 320 g/mol. The molecule has 0 aliphatic heterocycles. The van der Waals surface area contributed by atoms with Crippen LogP contribution in [0.5, 0.6) is 0 Å². The molecule has 0 spiro atoms. The number of halogens is 2. The first kappa shape index (κ1) is 17.0. The Morgan fingerprint density at radius 2 is 2.00 bits per heavy atom. The van der Waals surface area contributed by atoms with E-state index in [1.165, 1.54) is 37.7 Å². The summed E-state index contributed by atoms with van der Waals surface area (Å²) in [5, 5.41) is 1.94. The van der Waals surface area contributed by atoms with Crippen molar-refractivity contribution in [3.05, 3.63) is 34.9 Å². The summed E-state index contributed by atoms with van der Waals surface area (Å²) < 4.78 is 0. The molecule has 0 saturated carbocycles. The molecule has 19 heavy (non-hydrogen) atoms. The minimum Gasteiger partial charge on any atom is -0.0925 e. The van der Waals surface area contributed by atoms with Gasteiger partial charge in [-0.2, -0.15) is 0 Å². The van der Waals surface area contributed by atoms with Gasteiger partial charge >= 0.3 is 0 Å². The van der Waals surface area contributed by atoms with Gasteiger partial charge in [0.15, 0.2) is 0 Å². The number of hydrogen-bond donors (Lipinski definition) is 0. The van der Waals surface area contributed by atoms with E-state index in [9.17, 15) is 0 Å². The van der Waals surface area contributed by atoms with Gasteiger partial charge in [-0.05, 0) is 42.4 Å². The maximum absolute atomic E-state index is 6.06. The first-order valence-corrected chi connectivity index (χ1v) is 8.99. The molecule has 2 heteroatoms. The van der Waals surface area contributed by atoms with E-state index in [4.69, 9.17) is 11.6 Å². The minimum atomic E-state index is 0.722. The average molecular weight is 346 g/mol. The third-order valence-electron chi connectivity index (χ3n) is 3.84. The van der Waals surface area contributed by atoms with Crippen LogP contribution in [0, 0.1) is 11.8 Å². The fraction of sp³-hybridized carbons (Fsp3) is 0.647. The molecule has 0 nitrogen and oxygen atoms in total. The number of rotatable bonds is 9. The molecule has 0 aliphatic rings. The quantitative estimate of drug-likeness (QED) is 0.448. The lowest BCUT2D eigenvalue weighted by molar-refractivity contribution is 0.355. The number of benzene rings is 1. The highest BCUT2D eigenvalue weighted by Crippen LogP contribution is 2.26. The van der Waals surface area contributed by atoms with Gasteiger partial charge in [-0.25, -0.2) is 0 Å². The lowest BCUT2D eigenvalue weighted by atomic mass is 9.86. The van der Waals surface area contributed by atoms with Gasteiger partial charge in [0, 0.05) is 10.4 Å². The van der Waals surface area contributed by atoms with Crippen LogP contribution in [-0.2, 0) is 6.42 Å². The molecule has 0 heterocycles. The van der Waals surface area contributed by atoms with Crippen LogP contribution >= 0.6 is 27.5 Å². The Kier molecular flexibility index (Phi) is 8.81. The summed E-state index contributed by atoms with van der Waals surface area (Å²) in [5.74, 6) is 1.60. The van der Waals surface area contributed by atoms with Gasteiger partial charge in [0.1, 0.15) is 0 Å². The van der Waals surface area contributed by atoms with E-state index in [1.54, 1.807) is 0 Å². The largest absolute Gasteiger partial charge is 0.0925 e. The molecule has 1 rings (SSSR count). The molecule has 1 aromatic carbocycles. The smallest absolute Gasteiger partial charge is 0.0408 e. The molecule has 0 radical (unpaired) electrons. The van der Waals surface area contributed by atoms with Gasteiger partial charge in [-0.1, -0.05) is 79.2 Å². The van der Waals surface area contributed by atoms with E-state index < -0.39 is 0 Å². The van der Waals surface area contributed by atoms with Crippen molar-refractivity contribution in [1.29, 1.82) is 0 Å². The Morgan fingerprint density at radius 3 is 2.58 bits per heavy atom. The van der Waals surface area contributed by atoms with Crippen molar-refractivity contribution < 1.29 is 0 Å². The Balaban J connectivity index is 2.52. The summed E-state index contributed by atoms with van der Waals surface area (Å²) in [6.07, 6.45) is 7.82. The summed E-state index contributed by atoms with van der Waals surface area (Å²) in [5.41, 5.74) is 1.36. The summed E-state index contributed by atoms with van der Waals surface area (Å²) >= 11 is 9.75. The van der Waals surface area contributed by atoms with Gasteiger partial charge in [-0.15, -0.1) is 0 Å². The number of alkyl halides is 1. The first-order valence-electron chi connectivity index (χ1n) is 7.49. The molecule has 0 aliphatic carbocycles. The fourth-order valence-electron chi connectivity index (χ4n) is 2.65. The van der Waals surface area contributed by atoms with E-state index in [0.717, 1.165) is 28.6 Å². The second-order valence-electron chi connectivity index (χ2n) is 5.51. The zero-order valence-electron chi connectivity index (χ0n) is 12.2. The van der Waals surface area contributed by atoms with Crippen LogP contribution in [0.1, 0.15) is 51.5 Å². The molecule has 2 atom stereocenters. The lowest BCUT2D eigenvalue weighted by Gasteiger charge is -2.21. The molecule has 2 unspecified atom stereocenters. The topological polar surface area (TPSA) is 0 Å². The monoisotopic (exact) mass is 344 g/mol. The predicted molar refractivity (Wildman–Crippen MR) is 90.4 cm³/mol. The Labute approximate surface area is 132 Å². The Bertz CT molecular complexity index is 351. The summed E-state index contributed by atoms with van der Waals surface area (Å²) in [6.45, 7) is 4.60. The predicted octanol–water partition coefficient (Wildman–Crippen LogP) is 6.50. The van der Waals surface area contributed by atoms with E-state index >= 15 is 0 Å². The van der Waals surface area contributed by atoms with Gasteiger partial charge in [0.2, 0.25) is 0 Å². The van der Waals surface area contributed by atoms with E-state index in [0.29, 0.717) is 0 Å². The van der Waals surface area contributed by atoms with Crippen LogP contribution in [0.4, 0.5) is 0 Å². The van der Waals surface area contributed by atoms with Gasteiger partial charge in [0.25, 0.3) is 0 Å². The van der Waals surface area contributed by atoms with Crippen LogP contribution in [0.3, 0.4) is 0 Å². The number of unbranched alkanes of at least 4 members (excludes halogenated alkanes) is 1.